The van der Waals surface area contributed by atoms with Gasteiger partial charge in [-0.05, 0) is 51.1 Å². The van der Waals surface area contributed by atoms with E-state index in [1.54, 1.807) is 6.92 Å². The molecule has 0 amide bonds. The normalized spacial score (nSPS) is 12.7. The van der Waals surface area contributed by atoms with E-state index in [-0.39, 0.29) is 11.9 Å². The minimum atomic E-state index is -0.168. The first-order chi connectivity index (χ1) is 9.06. The Morgan fingerprint density at radius 3 is 2.63 bits per heavy atom. The van der Waals surface area contributed by atoms with Crippen molar-refractivity contribution < 1.29 is 4.39 Å². The number of hydrogen-bond donors (Lipinski definition) is 1. The number of halogens is 1. The van der Waals surface area contributed by atoms with Crippen molar-refractivity contribution in [2.75, 3.05) is 7.05 Å². The van der Waals surface area contributed by atoms with E-state index in [2.05, 4.69) is 23.4 Å². The van der Waals surface area contributed by atoms with Crippen molar-refractivity contribution >= 4 is 0 Å². The first kappa shape index (κ1) is 13.7. The van der Waals surface area contributed by atoms with Gasteiger partial charge in [0.15, 0.2) is 0 Å². The fourth-order valence-electron chi connectivity index (χ4n) is 2.38. The highest BCUT2D eigenvalue weighted by Crippen LogP contribution is 2.24. The lowest BCUT2D eigenvalue weighted by Gasteiger charge is -2.18. The molecule has 19 heavy (non-hydrogen) atoms. The van der Waals surface area contributed by atoms with E-state index in [0.29, 0.717) is 5.56 Å². The van der Waals surface area contributed by atoms with Crippen LogP contribution in [-0.4, -0.2) is 16.8 Å². The Morgan fingerprint density at radius 2 is 2.05 bits per heavy atom. The average Bonchev–Trinajstić information content (AvgIpc) is 2.76. The summed E-state index contributed by atoms with van der Waals surface area (Å²) in [7, 11) is 1.91. The van der Waals surface area contributed by atoms with Gasteiger partial charge in [0.05, 0.1) is 17.4 Å². The predicted octanol–water partition coefficient (Wildman–Crippen LogP) is 2.97. The standard InChI is InChI=1S/C15H20FN3/c1-5-19-14(9-11(3)18-19)15(17-4)12-6-7-13(16)10(2)8-12/h6-9,15,17H,5H2,1-4H3. The lowest BCUT2D eigenvalue weighted by molar-refractivity contribution is 0.559. The Balaban J connectivity index is 2.46. The minimum absolute atomic E-state index is 0.0282. The summed E-state index contributed by atoms with van der Waals surface area (Å²) in [6, 6.07) is 7.34. The summed E-state index contributed by atoms with van der Waals surface area (Å²) in [5.41, 5.74) is 3.82. The molecule has 4 heteroatoms. The highest BCUT2D eigenvalue weighted by Gasteiger charge is 2.18. The molecule has 1 unspecified atom stereocenters. The molecule has 0 saturated heterocycles. The Hall–Kier alpha value is -1.68. The van der Waals surface area contributed by atoms with Crippen LogP contribution in [0.4, 0.5) is 4.39 Å². The van der Waals surface area contributed by atoms with Crippen molar-refractivity contribution in [1.29, 1.82) is 0 Å². The number of hydrogen-bond acceptors (Lipinski definition) is 2. The third-order valence-corrected chi connectivity index (χ3v) is 3.33. The maximum Gasteiger partial charge on any atom is 0.126 e. The monoisotopic (exact) mass is 261 g/mol. The molecule has 1 aromatic heterocycles. The summed E-state index contributed by atoms with van der Waals surface area (Å²) in [6.45, 7) is 6.66. The molecule has 0 radical (unpaired) electrons. The van der Waals surface area contributed by atoms with Crippen LogP contribution in [0.2, 0.25) is 0 Å². The molecule has 0 aliphatic rings. The Morgan fingerprint density at radius 1 is 1.32 bits per heavy atom. The van der Waals surface area contributed by atoms with Gasteiger partial charge in [0, 0.05) is 6.54 Å². The van der Waals surface area contributed by atoms with Crippen LogP contribution in [0.1, 0.15) is 35.5 Å². The molecule has 0 aliphatic carbocycles. The second-order valence-corrected chi connectivity index (χ2v) is 4.76. The fraction of sp³-hybridized carbons (Fsp3) is 0.400. The molecule has 1 atom stereocenters. The van der Waals surface area contributed by atoms with Crippen LogP contribution in [0, 0.1) is 19.7 Å². The summed E-state index contributed by atoms with van der Waals surface area (Å²) < 4.78 is 15.4. The number of aromatic nitrogens is 2. The van der Waals surface area contributed by atoms with Crippen molar-refractivity contribution in [3.8, 4) is 0 Å². The number of nitrogens with zero attached hydrogens (tertiary/aromatic N) is 2. The average molecular weight is 261 g/mol. The lowest BCUT2D eigenvalue weighted by Crippen LogP contribution is -2.21. The fourth-order valence-corrected chi connectivity index (χ4v) is 2.38. The molecule has 1 N–H and O–H groups in total. The van der Waals surface area contributed by atoms with Gasteiger partial charge < -0.3 is 5.32 Å². The maximum absolute atomic E-state index is 13.4. The van der Waals surface area contributed by atoms with E-state index in [0.717, 1.165) is 23.5 Å². The third kappa shape index (κ3) is 2.68. The van der Waals surface area contributed by atoms with Gasteiger partial charge in [-0.3, -0.25) is 4.68 Å². The predicted molar refractivity (Wildman–Crippen MR) is 74.7 cm³/mol. The summed E-state index contributed by atoms with van der Waals surface area (Å²) in [6.07, 6.45) is 0. The first-order valence-corrected chi connectivity index (χ1v) is 6.54. The SMILES string of the molecule is CCn1nc(C)cc1C(NC)c1ccc(F)c(C)c1. The third-order valence-electron chi connectivity index (χ3n) is 3.33. The smallest absolute Gasteiger partial charge is 0.126 e. The van der Waals surface area contributed by atoms with E-state index in [1.807, 2.05) is 30.8 Å². The van der Waals surface area contributed by atoms with Crippen LogP contribution in [0.25, 0.3) is 0 Å². The van der Waals surface area contributed by atoms with E-state index >= 15 is 0 Å². The largest absolute Gasteiger partial charge is 0.308 e. The number of aryl methyl sites for hydroxylation is 3. The van der Waals surface area contributed by atoms with E-state index in [1.165, 1.54) is 6.07 Å². The second kappa shape index (κ2) is 5.53. The zero-order valence-electron chi connectivity index (χ0n) is 11.9. The van der Waals surface area contributed by atoms with Gasteiger partial charge in [-0.1, -0.05) is 12.1 Å². The topological polar surface area (TPSA) is 29.9 Å². The second-order valence-electron chi connectivity index (χ2n) is 4.76. The molecule has 0 aliphatic heterocycles. The molecule has 0 fully saturated rings. The molecule has 2 aromatic rings. The van der Waals surface area contributed by atoms with Gasteiger partial charge >= 0.3 is 0 Å². The summed E-state index contributed by atoms with van der Waals surface area (Å²) in [5.74, 6) is -0.168. The molecule has 1 aromatic carbocycles. The van der Waals surface area contributed by atoms with Gasteiger partial charge in [-0.15, -0.1) is 0 Å². The first-order valence-electron chi connectivity index (χ1n) is 6.54. The minimum Gasteiger partial charge on any atom is -0.308 e. The van der Waals surface area contributed by atoms with Crippen molar-refractivity contribution in [3.05, 3.63) is 52.6 Å². The van der Waals surface area contributed by atoms with Crippen LogP contribution in [0.5, 0.6) is 0 Å². The van der Waals surface area contributed by atoms with Crippen molar-refractivity contribution in [2.24, 2.45) is 0 Å². The molecule has 102 valence electrons. The van der Waals surface area contributed by atoms with E-state index < -0.39 is 0 Å². The zero-order chi connectivity index (χ0) is 14.0. The van der Waals surface area contributed by atoms with Crippen LogP contribution in [0.15, 0.2) is 24.3 Å². The van der Waals surface area contributed by atoms with Gasteiger partial charge in [0.1, 0.15) is 5.82 Å². The van der Waals surface area contributed by atoms with E-state index in [4.69, 9.17) is 0 Å². The Kier molecular flexibility index (Phi) is 4.00. The number of benzene rings is 1. The number of rotatable bonds is 4. The van der Waals surface area contributed by atoms with Crippen LogP contribution in [0.3, 0.4) is 0 Å². The van der Waals surface area contributed by atoms with Crippen molar-refractivity contribution in [2.45, 2.75) is 33.4 Å². The van der Waals surface area contributed by atoms with Crippen molar-refractivity contribution in [1.82, 2.24) is 15.1 Å². The van der Waals surface area contributed by atoms with Crippen LogP contribution >= 0.6 is 0 Å². The molecular weight excluding hydrogens is 241 g/mol. The Bertz CT molecular complexity index is 575. The molecule has 0 bridgehead atoms. The Labute approximate surface area is 113 Å². The molecule has 3 nitrogen and oxygen atoms in total. The molecule has 0 spiro atoms. The summed E-state index contributed by atoms with van der Waals surface area (Å²) in [4.78, 5) is 0. The van der Waals surface area contributed by atoms with Crippen molar-refractivity contribution in [3.63, 3.8) is 0 Å². The van der Waals surface area contributed by atoms with Gasteiger partial charge in [0.2, 0.25) is 0 Å². The molecular formula is C15H20FN3. The van der Waals surface area contributed by atoms with Gasteiger partial charge in [-0.2, -0.15) is 5.10 Å². The van der Waals surface area contributed by atoms with E-state index in [9.17, 15) is 4.39 Å². The molecule has 1 heterocycles. The zero-order valence-corrected chi connectivity index (χ0v) is 11.9. The van der Waals surface area contributed by atoms with Crippen LogP contribution < -0.4 is 5.32 Å². The molecule has 2 rings (SSSR count). The highest BCUT2D eigenvalue weighted by molar-refractivity contribution is 5.32. The highest BCUT2D eigenvalue weighted by atomic mass is 19.1. The van der Waals surface area contributed by atoms with Gasteiger partial charge in [-0.25, -0.2) is 4.39 Å². The lowest BCUT2D eigenvalue weighted by atomic mass is 10.0. The summed E-state index contributed by atoms with van der Waals surface area (Å²) >= 11 is 0. The quantitative estimate of drug-likeness (QED) is 0.917. The summed E-state index contributed by atoms with van der Waals surface area (Å²) in [5, 5.41) is 7.75. The maximum atomic E-state index is 13.4. The molecule has 0 saturated carbocycles. The van der Waals surface area contributed by atoms with Crippen LogP contribution in [-0.2, 0) is 6.54 Å². The number of nitrogens with one attached hydrogen (secondary N) is 1. The van der Waals surface area contributed by atoms with Gasteiger partial charge in [0.25, 0.3) is 0 Å².